The van der Waals surface area contributed by atoms with Crippen LogP contribution in [0.1, 0.15) is 56.3 Å². The zero-order chi connectivity index (χ0) is 13.1. The second-order valence-electron chi connectivity index (χ2n) is 5.65. The number of aryl methyl sites for hydroxylation is 1. The van der Waals surface area contributed by atoms with Gasteiger partial charge in [-0.05, 0) is 48.8 Å². The van der Waals surface area contributed by atoms with E-state index in [1.165, 1.54) is 25.3 Å². The lowest BCUT2D eigenvalue weighted by atomic mass is 9.76. The van der Waals surface area contributed by atoms with Crippen molar-refractivity contribution >= 4 is 0 Å². The van der Waals surface area contributed by atoms with Crippen molar-refractivity contribution < 1.29 is 9.50 Å². The minimum Gasteiger partial charge on any atom is -0.388 e. The molecule has 0 heterocycles. The summed E-state index contributed by atoms with van der Waals surface area (Å²) < 4.78 is 13.5. The highest BCUT2D eigenvalue weighted by atomic mass is 19.1. The zero-order valence-corrected chi connectivity index (χ0v) is 11.3. The fourth-order valence-electron chi connectivity index (χ4n) is 3.06. The first-order chi connectivity index (χ1) is 8.61. The summed E-state index contributed by atoms with van der Waals surface area (Å²) in [4.78, 5) is 0. The molecule has 1 aliphatic rings. The van der Waals surface area contributed by atoms with Crippen molar-refractivity contribution in [3.05, 3.63) is 35.1 Å². The molecule has 0 radical (unpaired) electrons. The second kappa shape index (κ2) is 5.83. The number of benzene rings is 1. The van der Waals surface area contributed by atoms with E-state index < -0.39 is 6.10 Å². The van der Waals surface area contributed by atoms with E-state index in [-0.39, 0.29) is 5.82 Å². The van der Waals surface area contributed by atoms with Crippen molar-refractivity contribution in [1.29, 1.82) is 0 Å². The normalized spacial score (nSPS) is 26.0. The van der Waals surface area contributed by atoms with Crippen LogP contribution in [-0.4, -0.2) is 5.11 Å². The third-order valence-corrected chi connectivity index (χ3v) is 4.38. The van der Waals surface area contributed by atoms with Crippen LogP contribution in [0.15, 0.2) is 18.2 Å². The van der Waals surface area contributed by atoms with Crippen molar-refractivity contribution in [2.24, 2.45) is 11.8 Å². The molecule has 0 amide bonds. The molecule has 0 spiro atoms. The summed E-state index contributed by atoms with van der Waals surface area (Å²) in [5.74, 6) is 0.814. The lowest BCUT2D eigenvalue weighted by Gasteiger charge is -2.32. The first-order valence-corrected chi connectivity index (χ1v) is 7.06. The van der Waals surface area contributed by atoms with Gasteiger partial charge >= 0.3 is 0 Å². The van der Waals surface area contributed by atoms with Gasteiger partial charge in [0.15, 0.2) is 0 Å². The molecule has 1 aliphatic carbocycles. The van der Waals surface area contributed by atoms with Gasteiger partial charge in [0.1, 0.15) is 5.82 Å². The summed E-state index contributed by atoms with van der Waals surface area (Å²) in [7, 11) is 0. The monoisotopic (exact) mass is 250 g/mol. The molecule has 2 rings (SSSR count). The van der Waals surface area contributed by atoms with E-state index >= 15 is 0 Å². The lowest BCUT2D eigenvalue weighted by molar-refractivity contribution is 0.0675. The topological polar surface area (TPSA) is 20.2 Å². The van der Waals surface area contributed by atoms with Gasteiger partial charge in [0.05, 0.1) is 6.10 Å². The molecule has 1 N–H and O–H groups in total. The molecule has 1 nitrogen and oxygen atoms in total. The molecule has 0 bridgehead atoms. The summed E-state index contributed by atoms with van der Waals surface area (Å²) in [6.07, 6.45) is 5.29. The van der Waals surface area contributed by atoms with Gasteiger partial charge in [-0.3, -0.25) is 0 Å². The zero-order valence-electron chi connectivity index (χ0n) is 11.3. The van der Waals surface area contributed by atoms with Crippen LogP contribution in [0.25, 0.3) is 0 Å². The van der Waals surface area contributed by atoms with Gasteiger partial charge in [0, 0.05) is 0 Å². The Morgan fingerprint density at radius 3 is 2.83 bits per heavy atom. The van der Waals surface area contributed by atoms with E-state index in [2.05, 4.69) is 6.92 Å². The highest BCUT2D eigenvalue weighted by Gasteiger charge is 2.27. The molecule has 0 saturated heterocycles. The van der Waals surface area contributed by atoms with Crippen LogP contribution in [-0.2, 0) is 0 Å². The van der Waals surface area contributed by atoms with Crippen molar-refractivity contribution in [1.82, 2.24) is 0 Å². The van der Waals surface area contributed by atoms with Crippen molar-refractivity contribution in [2.75, 3.05) is 0 Å². The molecule has 3 unspecified atom stereocenters. The van der Waals surface area contributed by atoms with E-state index in [0.717, 1.165) is 24.3 Å². The maximum atomic E-state index is 13.5. The molecular weight excluding hydrogens is 227 g/mol. The number of hydrogen-bond acceptors (Lipinski definition) is 1. The first kappa shape index (κ1) is 13.5. The van der Waals surface area contributed by atoms with Crippen LogP contribution in [0.2, 0.25) is 0 Å². The largest absolute Gasteiger partial charge is 0.388 e. The van der Waals surface area contributed by atoms with Gasteiger partial charge < -0.3 is 5.11 Å². The molecule has 0 aliphatic heterocycles. The van der Waals surface area contributed by atoms with Gasteiger partial charge in [-0.1, -0.05) is 38.3 Å². The SMILES string of the molecule is CCC1CCCC(C(O)c2ccc(C)c(F)c2)C1. The highest BCUT2D eigenvalue weighted by molar-refractivity contribution is 5.25. The molecule has 2 heteroatoms. The van der Waals surface area contributed by atoms with Gasteiger partial charge in [0.2, 0.25) is 0 Å². The second-order valence-corrected chi connectivity index (χ2v) is 5.65. The first-order valence-electron chi connectivity index (χ1n) is 7.06. The number of aliphatic hydroxyl groups excluding tert-OH is 1. The molecule has 1 aromatic carbocycles. The van der Waals surface area contributed by atoms with Gasteiger partial charge in [-0.25, -0.2) is 4.39 Å². The Labute approximate surface area is 109 Å². The third kappa shape index (κ3) is 2.92. The minimum absolute atomic E-state index is 0.214. The van der Waals surface area contributed by atoms with Gasteiger partial charge in [-0.2, -0.15) is 0 Å². The van der Waals surface area contributed by atoms with Crippen LogP contribution in [0.3, 0.4) is 0 Å². The summed E-state index contributed by atoms with van der Waals surface area (Å²) >= 11 is 0. The Morgan fingerprint density at radius 1 is 1.39 bits per heavy atom. The molecule has 1 fully saturated rings. The van der Waals surface area contributed by atoms with E-state index in [4.69, 9.17) is 0 Å². The Bertz CT molecular complexity index is 402. The van der Waals surface area contributed by atoms with Crippen molar-refractivity contribution in [2.45, 2.75) is 52.1 Å². The van der Waals surface area contributed by atoms with Crippen LogP contribution in [0, 0.1) is 24.6 Å². The lowest BCUT2D eigenvalue weighted by Crippen LogP contribution is -2.21. The van der Waals surface area contributed by atoms with Crippen LogP contribution in [0.5, 0.6) is 0 Å². The number of halogens is 1. The van der Waals surface area contributed by atoms with Gasteiger partial charge in [0.25, 0.3) is 0 Å². The smallest absolute Gasteiger partial charge is 0.126 e. The van der Waals surface area contributed by atoms with E-state index in [0.29, 0.717) is 11.5 Å². The van der Waals surface area contributed by atoms with Gasteiger partial charge in [-0.15, -0.1) is 0 Å². The van der Waals surface area contributed by atoms with E-state index in [9.17, 15) is 9.50 Å². The standard InChI is InChI=1S/C16H23FO/c1-3-12-5-4-6-13(9-12)16(18)14-8-7-11(2)15(17)10-14/h7-8,10,12-13,16,18H,3-6,9H2,1-2H3. The maximum Gasteiger partial charge on any atom is 0.126 e. The van der Waals surface area contributed by atoms with E-state index in [1.54, 1.807) is 13.0 Å². The number of hydrogen-bond donors (Lipinski definition) is 1. The average molecular weight is 250 g/mol. The van der Waals surface area contributed by atoms with Crippen LogP contribution < -0.4 is 0 Å². The molecule has 0 aromatic heterocycles. The summed E-state index contributed by atoms with van der Waals surface area (Å²) in [6.45, 7) is 3.96. The minimum atomic E-state index is -0.505. The predicted molar refractivity (Wildman–Crippen MR) is 71.8 cm³/mol. The number of aliphatic hydroxyl groups is 1. The molecule has 1 aromatic rings. The fraction of sp³-hybridized carbons (Fsp3) is 0.625. The van der Waals surface area contributed by atoms with Crippen LogP contribution >= 0.6 is 0 Å². The average Bonchev–Trinajstić information content (AvgIpc) is 2.41. The highest BCUT2D eigenvalue weighted by Crippen LogP contribution is 2.38. The number of rotatable bonds is 3. The maximum absolute atomic E-state index is 13.5. The third-order valence-electron chi connectivity index (χ3n) is 4.38. The quantitative estimate of drug-likeness (QED) is 0.843. The predicted octanol–water partition coefficient (Wildman–Crippen LogP) is 4.38. The molecule has 100 valence electrons. The van der Waals surface area contributed by atoms with Crippen molar-refractivity contribution in [3.8, 4) is 0 Å². The Kier molecular flexibility index (Phi) is 4.39. The Hall–Kier alpha value is -0.890. The fourth-order valence-corrected chi connectivity index (χ4v) is 3.06. The summed E-state index contributed by atoms with van der Waals surface area (Å²) in [5, 5.41) is 10.4. The van der Waals surface area contributed by atoms with Crippen molar-refractivity contribution in [3.63, 3.8) is 0 Å². The molecule has 1 saturated carbocycles. The molecule has 18 heavy (non-hydrogen) atoms. The summed E-state index contributed by atoms with van der Waals surface area (Å²) in [5.41, 5.74) is 1.38. The molecule has 3 atom stereocenters. The Morgan fingerprint density at radius 2 is 2.17 bits per heavy atom. The van der Waals surface area contributed by atoms with Crippen LogP contribution in [0.4, 0.5) is 4.39 Å². The Balaban J connectivity index is 2.10. The van der Waals surface area contributed by atoms with E-state index in [1.807, 2.05) is 6.07 Å². The summed E-state index contributed by atoms with van der Waals surface area (Å²) in [6, 6.07) is 5.11. The molecular formula is C16H23FO.